The van der Waals surface area contributed by atoms with E-state index in [2.05, 4.69) is 11.4 Å². The van der Waals surface area contributed by atoms with Gasteiger partial charge >= 0.3 is 0 Å². The minimum absolute atomic E-state index is 0.246. The van der Waals surface area contributed by atoms with Gasteiger partial charge in [0.1, 0.15) is 11.6 Å². The number of halogens is 1. The predicted octanol–water partition coefficient (Wildman–Crippen LogP) is 4.54. The van der Waals surface area contributed by atoms with Gasteiger partial charge in [-0.2, -0.15) is 0 Å². The SMILES string of the molecule is Oc1cc2c(cc1-c1ccc(F)cc1)C[C@H]1NCC[C@@]23CCCC[C@@H]13. The Morgan fingerprint density at radius 3 is 2.76 bits per heavy atom. The molecule has 5 rings (SSSR count). The number of aromatic hydroxyl groups is 1. The normalized spacial score (nSPS) is 30.4. The van der Waals surface area contributed by atoms with E-state index in [-0.39, 0.29) is 11.2 Å². The molecule has 2 bridgehead atoms. The van der Waals surface area contributed by atoms with Crippen LogP contribution in [0.5, 0.6) is 5.75 Å². The van der Waals surface area contributed by atoms with Crippen molar-refractivity contribution >= 4 is 0 Å². The molecule has 3 atom stereocenters. The summed E-state index contributed by atoms with van der Waals surface area (Å²) in [6.45, 7) is 1.08. The fourth-order valence-electron chi connectivity index (χ4n) is 5.83. The fraction of sp³-hybridized carbons (Fsp3) is 0.455. The highest BCUT2D eigenvalue weighted by Gasteiger charge is 2.51. The first-order valence-corrected chi connectivity index (χ1v) is 9.53. The number of hydrogen-bond donors (Lipinski definition) is 2. The van der Waals surface area contributed by atoms with Crippen LogP contribution in [-0.2, 0) is 11.8 Å². The van der Waals surface area contributed by atoms with Gasteiger partial charge in [-0.3, -0.25) is 0 Å². The number of hydrogen-bond acceptors (Lipinski definition) is 2. The van der Waals surface area contributed by atoms with Crippen LogP contribution >= 0.6 is 0 Å². The molecule has 130 valence electrons. The number of rotatable bonds is 1. The van der Waals surface area contributed by atoms with E-state index < -0.39 is 0 Å². The Bertz CT molecular complexity index is 812. The molecule has 0 spiro atoms. The second kappa shape index (κ2) is 5.57. The average Bonchev–Trinajstić information content (AvgIpc) is 2.63. The Hall–Kier alpha value is -1.87. The van der Waals surface area contributed by atoms with Crippen LogP contribution in [0.15, 0.2) is 36.4 Å². The maximum absolute atomic E-state index is 13.2. The zero-order chi connectivity index (χ0) is 17.0. The summed E-state index contributed by atoms with van der Waals surface area (Å²) in [5.41, 5.74) is 4.71. The standard InChI is InChI=1S/C22H24FNO/c23-16-6-4-14(5-7-16)17-11-15-12-20-18-3-1-2-8-22(18,9-10-24-20)19(15)13-21(17)25/h4-7,11,13,18,20,24-25H,1-3,8-10,12H2/t18-,20+,22+/m0/s1. The summed E-state index contributed by atoms with van der Waals surface area (Å²) in [6, 6.07) is 11.2. The van der Waals surface area contributed by atoms with Gasteiger partial charge in [-0.25, -0.2) is 4.39 Å². The monoisotopic (exact) mass is 337 g/mol. The third-order valence-electron chi connectivity index (χ3n) is 6.91. The van der Waals surface area contributed by atoms with Crippen LogP contribution in [0.1, 0.15) is 43.2 Å². The van der Waals surface area contributed by atoms with Gasteiger partial charge in [0.2, 0.25) is 0 Å². The van der Waals surface area contributed by atoms with E-state index >= 15 is 0 Å². The maximum Gasteiger partial charge on any atom is 0.123 e. The molecule has 2 N–H and O–H groups in total. The van der Waals surface area contributed by atoms with Crippen molar-refractivity contribution < 1.29 is 9.50 Å². The summed E-state index contributed by atoms with van der Waals surface area (Å²) < 4.78 is 13.2. The van der Waals surface area contributed by atoms with E-state index in [1.807, 2.05) is 6.07 Å². The highest BCUT2D eigenvalue weighted by molar-refractivity contribution is 5.72. The van der Waals surface area contributed by atoms with Crippen molar-refractivity contribution in [3.05, 3.63) is 53.3 Å². The lowest BCUT2D eigenvalue weighted by molar-refractivity contribution is 0.0796. The van der Waals surface area contributed by atoms with Crippen LogP contribution in [0.2, 0.25) is 0 Å². The molecular formula is C22H24FNO. The van der Waals surface area contributed by atoms with Crippen LogP contribution in [0.25, 0.3) is 11.1 Å². The van der Waals surface area contributed by atoms with Gasteiger partial charge in [0.25, 0.3) is 0 Å². The van der Waals surface area contributed by atoms with E-state index in [9.17, 15) is 9.50 Å². The molecule has 1 heterocycles. The molecule has 0 unspecified atom stereocenters. The summed E-state index contributed by atoms with van der Waals surface area (Å²) in [4.78, 5) is 0. The molecule has 2 fully saturated rings. The molecule has 2 aliphatic carbocycles. The number of nitrogens with one attached hydrogen (secondary N) is 1. The van der Waals surface area contributed by atoms with Crippen LogP contribution in [-0.4, -0.2) is 17.7 Å². The summed E-state index contributed by atoms with van der Waals surface area (Å²) in [5, 5.41) is 14.5. The fourth-order valence-corrected chi connectivity index (χ4v) is 5.83. The smallest absolute Gasteiger partial charge is 0.123 e. The third kappa shape index (κ3) is 2.25. The van der Waals surface area contributed by atoms with Crippen LogP contribution in [0.3, 0.4) is 0 Å². The molecule has 2 aromatic rings. The zero-order valence-electron chi connectivity index (χ0n) is 14.4. The van der Waals surface area contributed by atoms with Crippen molar-refractivity contribution in [2.24, 2.45) is 5.92 Å². The molecule has 2 aromatic carbocycles. The maximum atomic E-state index is 13.2. The Kier molecular flexibility index (Phi) is 3.43. The second-order valence-electron chi connectivity index (χ2n) is 8.06. The second-order valence-corrected chi connectivity index (χ2v) is 8.06. The largest absolute Gasteiger partial charge is 0.507 e. The molecule has 1 aliphatic heterocycles. The first-order valence-electron chi connectivity index (χ1n) is 9.53. The van der Waals surface area contributed by atoms with Crippen molar-refractivity contribution in [3.8, 4) is 16.9 Å². The Morgan fingerprint density at radius 1 is 1.08 bits per heavy atom. The number of benzene rings is 2. The van der Waals surface area contributed by atoms with Crippen molar-refractivity contribution in [2.75, 3.05) is 6.54 Å². The quantitative estimate of drug-likeness (QED) is 0.800. The Balaban J connectivity index is 1.65. The van der Waals surface area contributed by atoms with Gasteiger partial charge in [-0.05, 0) is 79.1 Å². The molecule has 3 heteroatoms. The van der Waals surface area contributed by atoms with E-state index in [1.165, 1.54) is 55.4 Å². The number of phenolic OH excluding ortho intramolecular Hbond substituents is 1. The van der Waals surface area contributed by atoms with Gasteiger partial charge in [0, 0.05) is 17.0 Å². The average molecular weight is 337 g/mol. The van der Waals surface area contributed by atoms with Gasteiger partial charge in [-0.1, -0.05) is 25.0 Å². The number of fused-ring (bicyclic) bond motifs is 1. The first-order chi connectivity index (χ1) is 12.2. The Labute approximate surface area is 148 Å². The van der Waals surface area contributed by atoms with Crippen LogP contribution < -0.4 is 5.32 Å². The van der Waals surface area contributed by atoms with E-state index in [4.69, 9.17) is 0 Å². The molecule has 2 nitrogen and oxygen atoms in total. The first kappa shape index (κ1) is 15.4. The highest BCUT2D eigenvalue weighted by atomic mass is 19.1. The van der Waals surface area contributed by atoms with Gasteiger partial charge in [-0.15, -0.1) is 0 Å². The van der Waals surface area contributed by atoms with Crippen molar-refractivity contribution in [1.29, 1.82) is 0 Å². The van der Waals surface area contributed by atoms with Gasteiger partial charge in [0.15, 0.2) is 0 Å². The molecule has 1 saturated heterocycles. The summed E-state index contributed by atoms with van der Waals surface area (Å²) in [5.74, 6) is 0.795. The Morgan fingerprint density at radius 2 is 1.92 bits per heavy atom. The molecule has 0 amide bonds. The van der Waals surface area contributed by atoms with E-state index in [0.29, 0.717) is 17.7 Å². The summed E-state index contributed by atoms with van der Waals surface area (Å²) in [6.07, 6.45) is 7.39. The van der Waals surface area contributed by atoms with Gasteiger partial charge in [0.05, 0.1) is 0 Å². The van der Waals surface area contributed by atoms with Crippen molar-refractivity contribution in [2.45, 2.75) is 50.0 Å². The van der Waals surface area contributed by atoms with Gasteiger partial charge < -0.3 is 10.4 Å². The molecule has 0 radical (unpaired) electrons. The van der Waals surface area contributed by atoms with Crippen molar-refractivity contribution in [3.63, 3.8) is 0 Å². The molecule has 0 aromatic heterocycles. The van der Waals surface area contributed by atoms with Crippen LogP contribution in [0.4, 0.5) is 4.39 Å². The van der Waals surface area contributed by atoms with Crippen molar-refractivity contribution in [1.82, 2.24) is 5.32 Å². The molecule has 3 aliphatic rings. The number of piperidine rings is 1. The van der Waals surface area contributed by atoms with Crippen LogP contribution in [0, 0.1) is 11.7 Å². The molecule has 25 heavy (non-hydrogen) atoms. The molecular weight excluding hydrogens is 313 g/mol. The van der Waals surface area contributed by atoms with E-state index in [0.717, 1.165) is 24.1 Å². The lowest BCUT2D eigenvalue weighted by atomic mass is 9.52. The lowest BCUT2D eigenvalue weighted by Gasteiger charge is -2.56. The topological polar surface area (TPSA) is 32.3 Å². The minimum atomic E-state index is -0.246. The molecule has 1 saturated carbocycles. The number of phenols is 1. The highest BCUT2D eigenvalue weighted by Crippen LogP contribution is 2.55. The predicted molar refractivity (Wildman–Crippen MR) is 97.2 cm³/mol. The zero-order valence-corrected chi connectivity index (χ0v) is 14.4. The summed E-state index contributed by atoms with van der Waals surface area (Å²) in [7, 11) is 0. The van der Waals surface area contributed by atoms with E-state index in [1.54, 1.807) is 12.1 Å². The third-order valence-corrected chi connectivity index (χ3v) is 6.91. The summed E-state index contributed by atoms with van der Waals surface area (Å²) >= 11 is 0. The minimum Gasteiger partial charge on any atom is -0.507 e. The lowest BCUT2D eigenvalue weighted by Crippen LogP contribution is -2.59.